The highest BCUT2D eigenvalue weighted by Gasteiger charge is 2.45. The fourth-order valence-corrected chi connectivity index (χ4v) is 4.72. The molecule has 1 amide bonds. The van der Waals surface area contributed by atoms with Gasteiger partial charge in [-0.05, 0) is 60.6 Å². The smallest absolute Gasteiger partial charge is 0.223 e. The highest BCUT2D eigenvalue weighted by molar-refractivity contribution is 6.30. The highest BCUT2D eigenvalue weighted by atomic mass is 35.5. The summed E-state index contributed by atoms with van der Waals surface area (Å²) in [5.74, 6) is 0.654. The van der Waals surface area contributed by atoms with E-state index in [1.807, 2.05) is 47.4 Å². The molecule has 2 aromatic carbocycles. The van der Waals surface area contributed by atoms with Gasteiger partial charge in [-0.2, -0.15) is 0 Å². The van der Waals surface area contributed by atoms with Crippen molar-refractivity contribution >= 4 is 29.1 Å². The van der Waals surface area contributed by atoms with Gasteiger partial charge in [0.1, 0.15) is 0 Å². The van der Waals surface area contributed by atoms with Crippen LogP contribution in [0.5, 0.6) is 0 Å². The van der Waals surface area contributed by atoms with Crippen LogP contribution in [-0.2, 0) is 4.79 Å². The van der Waals surface area contributed by atoms with E-state index in [9.17, 15) is 9.90 Å². The predicted octanol–water partition coefficient (Wildman–Crippen LogP) is 5.21. The minimum absolute atomic E-state index is 0.00274. The van der Waals surface area contributed by atoms with Crippen molar-refractivity contribution in [2.45, 2.75) is 43.7 Å². The topological polar surface area (TPSA) is 40.5 Å². The normalized spacial score (nSPS) is 24.1. The molecule has 4 rings (SSSR count). The molecule has 2 aliphatic rings. The average molecular weight is 404 g/mol. The number of nitrogens with zero attached hydrogens (tertiary/aromatic N) is 1. The number of amides is 1. The first-order valence-electron chi connectivity index (χ1n) is 9.51. The van der Waals surface area contributed by atoms with Crippen molar-refractivity contribution in [3.05, 3.63) is 69.7 Å². The van der Waals surface area contributed by atoms with Crippen molar-refractivity contribution < 1.29 is 9.90 Å². The SMILES string of the molecule is O=C1CCC(c2cccc(Cl)c2)[C@@H](c2ccc(Cl)cc2)N1[C@H](CO)C1CC1. The lowest BCUT2D eigenvalue weighted by atomic mass is 9.79. The lowest BCUT2D eigenvalue weighted by Gasteiger charge is -2.45. The third-order valence-corrected chi connectivity index (χ3v) is 6.32. The van der Waals surface area contributed by atoms with Gasteiger partial charge in [-0.1, -0.05) is 47.5 Å². The molecule has 1 saturated heterocycles. The molecule has 1 heterocycles. The molecule has 1 saturated carbocycles. The van der Waals surface area contributed by atoms with Gasteiger partial charge in [-0.15, -0.1) is 0 Å². The quantitative estimate of drug-likeness (QED) is 0.743. The lowest BCUT2D eigenvalue weighted by Crippen LogP contribution is -2.50. The number of aliphatic hydroxyl groups excluding tert-OH is 1. The fraction of sp³-hybridized carbons (Fsp3) is 0.409. The average Bonchev–Trinajstić information content (AvgIpc) is 3.49. The van der Waals surface area contributed by atoms with Crippen LogP contribution in [0.1, 0.15) is 48.8 Å². The molecule has 1 aliphatic carbocycles. The van der Waals surface area contributed by atoms with Crippen molar-refractivity contribution in [1.82, 2.24) is 4.90 Å². The molecule has 1 unspecified atom stereocenters. The molecule has 142 valence electrons. The Hall–Kier alpha value is -1.55. The van der Waals surface area contributed by atoms with Crippen LogP contribution < -0.4 is 0 Å². The van der Waals surface area contributed by atoms with Crippen LogP contribution in [0, 0.1) is 5.92 Å². The van der Waals surface area contributed by atoms with Gasteiger partial charge >= 0.3 is 0 Å². The number of halogens is 2. The van der Waals surface area contributed by atoms with Crippen molar-refractivity contribution in [3.63, 3.8) is 0 Å². The minimum Gasteiger partial charge on any atom is -0.394 e. The summed E-state index contributed by atoms with van der Waals surface area (Å²) in [4.78, 5) is 14.9. The molecular weight excluding hydrogens is 381 g/mol. The number of hydrogen-bond acceptors (Lipinski definition) is 2. The summed E-state index contributed by atoms with van der Waals surface area (Å²) >= 11 is 12.4. The molecule has 0 radical (unpaired) electrons. The van der Waals surface area contributed by atoms with Gasteiger partial charge in [0.2, 0.25) is 5.91 Å². The van der Waals surface area contributed by atoms with Gasteiger partial charge in [0, 0.05) is 22.4 Å². The maximum absolute atomic E-state index is 13.0. The summed E-state index contributed by atoms with van der Waals surface area (Å²) in [5.41, 5.74) is 2.18. The van der Waals surface area contributed by atoms with Gasteiger partial charge in [-0.3, -0.25) is 4.79 Å². The van der Waals surface area contributed by atoms with Crippen molar-refractivity contribution in [3.8, 4) is 0 Å². The number of benzene rings is 2. The number of hydrogen-bond donors (Lipinski definition) is 1. The van der Waals surface area contributed by atoms with E-state index in [1.165, 1.54) is 0 Å². The minimum atomic E-state index is -0.125. The van der Waals surface area contributed by atoms with Crippen LogP contribution in [0.15, 0.2) is 48.5 Å². The fourth-order valence-electron chi connectivity index (χ4n) is 4.39. The number of aliphatic hydroxyl groups is 1. The molecular formula is C22H23Cl2NO2. The van der Waals surface area contributed by atoms with E-state index in [-0.39, 0.29) is 30.5 Å². The second-order valence-corrected chi connectivity index (χ2v) is 8.46. The Kier molecular flexibility index (Phi) is 5.45. The van der Waals surface area contributed by atoms with Crippen molar-refractivity contribution in [2.24, 2.45) is 5.92 Å². The van der Waals surface area contributed by atoms with E-state index in [0.717, 1.165) is 30.4 Å². The largest absolute Gasteiger partial charge is 0.394 e. The van der Waals surface area contributed by atoms with Crippen molar-refractivity contribution in [1.29, 1.82) is 0 Å². The summed E-state index contributed by atoms with van der Waals surface area (Å²) in [6, 6.07) is 15.4. The Morgan fingerprint density at radius 3 is 2.37 bits per heavy atom. The molecule has 5 heteroatoms. The summed E-state index contributed by atoms with van der Waals surface area (Å²) in [5, 5.41) is 11.5. The van der Waals surface area contributed by atoms with E-state index in [4.69, 9.17) is 23.2 Å². The molecule has 2 fully saturated rings. The maximum atomic E-state index is 13.0. The highest BCUT2D eigenvalue weighted by Crippen LogP contribution is 2.48. The molecule has 2 aromatic rings. The monoisotopic (exact) mass is 403 g/mol. The molecule has 0 aromatic heterocycles. The first-order chi connectivity index (χ1) is 13.1. The second kappa shape index (κ2) is 7.83. The second-order valence-electron chi connectivity index (χ2n) is 7.58. The summed E-state index contributed by atoms with van der Waals surface area (Å²) in [6.45, 7) is 0.00274. The first-order valence-corrected chi connectivity index (χ1v) is 10.3. The van der Waals surface area contributed by atoms with Gasteiger partial charge in [0.25, 0.3) is 0 Å². The molecule has 0 spiro atoms. The Labute approximate surface area is 169 Å². The first kappa shape index (κ1) is 18.8. The van der Waals surface area contributed by atoms with E-state index < -0.39 is 0 Å². The lowest BCUT2D eigenvalue weighted by molar-refractivity contribution is -0.142. The van der Waals surface area contributed by atoms with Crippen LogP contribution in [0.25, 0.3) is 0 Å². The summed E-state index contributed by atoms with van der Waals surface area (Å²) in [7, 11) is 0. The molecule has 3 atom stereocenters. The zero-order valence-corrected chi connectivity index (χ0v) is 16.5. The number of likely N-dealkylation sites (tertiary alicyclic amines) is 1. The van der Waals surface area contributed by atoms with E-state index in [1.54, 1.807) is 0 Å². The predicted molar refractivity (Wildman–Crippen MR) is 108 cm³/mol. The molecule has 1 N–H and O–H groups in total. The Bertz CT molecular complexity index is 819. The van der Waals surface area contributed by atoms with Crippen LogP contribution in [-0.4, -0.2) is 28.6 Å². The van der Waals surface area contributed by atoms with Gasteiger partial charge in [0.05, 0.1) is 18.7 Å². The van der Waals surface area contributed by atoms with Gasteiger partial charge in [-0.25, -0.2) is 0 Å². The van der Waals surface area contributed by atoms with E-state index in [2.05, 4.69) is 6.07 Å². The number of rotatable bonds is 5. The number of piperidine rings is 1. The number of carbonyl (C=O) groups excluding carboxylic acids is 1. The zero-order chi connectivity index (χ0) is 19.0. The number of carbonyl (C=O) groups is 1. The van der Waals surface area contributed by atoms with Crippen LogP contribution in [0.2, 0.25) is 10.0 Å². The van der Waals surface area contributed by atoms with Crippen LogP contribution >= 0.6 is 23.2 Å². The zero-order valence-electron chi connectivity index (χ0n) is 15.0. The van der Waals surface area contributed by atoms with Crippen LogP contribution in [0.4, 0.5) is 0 Å². The Morgan fingerprint density at radius 1 is 1.00 bits per heavy atom. The molecule has 27 heavy (non-hydrogen) atoms. The van der Waals surface area contributed by atoms with E-state index >= 15 is 0 Å². The molecule has 3 nitrogen and oxygen atoms in total. The third kappa shape index (κ3) is 3.87. The molecule has 1 aliphatic heterocycles. The van der Waals surface area contributed by atoms with E-state index in [0.29, 0.717) is 22.4 Å². The van der Waals surface area contributed by atoms with Crippen LogP contribution in [0.3, 0.4) is 0 Å². The van der Waals surface area contributed by atoms with Gasteiger partial charge in [0.15, 0.2) is 0 Å². The Morgan fingerprint density at radius 2 is 1.74 bits per heavy atom. The maximum Gasteiger partial charge on any atom is 0.223 e. The Balaban J connectivity index is 1.79. The van der Waals surface area contributed by atoms with Crippen molar-refractivity contribution in [2.75, 3.05) is 6.61 Å². The molecule has 0 bridgehead atoms. The standard InChI is InChI=1S/C22H23Cl2NO2/c23-17-8-6-15(7-9-17)22-19(16-2-1-3-18(24)12-16)10-11-21(27)25(22)20(13-26)14-4-5-14/h1-3,6-9,12,14,19-20,22,26H,4-5,10-11,13H2/t19?,20-,22-/m1/s1. The third-order valence-electron chi connectivity index (χ3n) is 5.84. The van der Waals surface area contributed by atoms with Gasteiger partial charge < -0.3 is 10.0 Å². The summed E-state index contributed by atoms with van der Waals surface area (Å²) < 4.78 is 0. The summed E-state index contributed by atoms with van der Waals surface area (Å²) in [6.07, 6.45) is 3.41.